The minimum absolute atomic E-state index is 0.0617. The van der Waals surface area contributed by atoms with Crippen molar-refractivity contribution >= 4 is 11.9 Å². The zero-order valence-electron chi connectivity index (χ0n) is 24.4. The number of aliphatic hydroxyl groups excluding tert-OH is 1. The van der Waals surface area contributed by atoms with Gasteiger partial charge in [-0.3, -0.25) is 9.59 Å². The van der Waals surface area contributed by atoms with Crippen LogP contribution in [0.15, 0.2) is 0 Å². The van der Waals surface area contributed by atoms with Gasteiger partial charge in [-0.15, -0.1) is 0 Å². The van der Waals surface area contributed by atoms with Crippen LogP contribution < -0.4 is 0 Å². The molecule has 1 unspecified atom stereocenters. The molecule has 0 heterocycles. The third-order valence-corrected chi connectivity index (χ3v) is 7.12. The normalized spacial score (nSPS) is 13.1. The molecule has 214 valence electrons. The van der Waals surface area contributed by atoms with Crippen molar-refractivity contribution < 1.29 is 24.2 Å². The third kappa shape index (κ3) is 24.6. The first kappa shape index (κ1) is 34.9. The lowest BCUT2D eigenvalue weighted by molar-refractivity contribution is -0.161. The average molecular weight is 513 g/mol. The van der Waals surface area contributed by atoms with E-state index in [2.05, 4.69) is 27.7 Å². The van der Waals surface area contributed by atoms with Gasteiger partial charge < -0.3 is 14.6 Å². The second-order valence-corrected chi connectivity index (χ2v) is 11.3. The first-order chi connectivity index (χ1) is 17.4. The van der Waals surface area contributed by atoms with Crippen molar-refractivity contribution in [2.75, 3.05) is 13.2 Å². The lowest BCUT2D eigenvalue weighted by atomic mass is 10.00. The van der Waals surface area contributed by atoms with Crippen LogP contribution in [0.2, 0.25) is 0 Å². The average Bonchev–Trinajstić information content (AvgIpc) is 2.86. The van der Waals surface area contributed by atoms with Crippen molar-refractivity contribution in [3.63, 3.8) is 0 Å². The van der Waals surface area contributed by atoms with Gasteiger partial charge in [0, 0.05) is 12.8 Å². The molecule has 0 rings (SSSR count). The third-order valence-electron chi connectivity index (χ3n) is 7.12. The molecular formula is C31H60O5. The van der Waals surface area contributed by atoms with Crippen LogP contribution in [0.5, 0.6) is 0 Å². The highest BCUT2D eigenvalue weighted by molar-refractivity contribution is 5.70. The molecule has 0 bridgehead atoms. The van der Waals surface area contributed by atoms with Crippen molar-refractivity contribution in [3.8, 4) is 0 Å². The van der Waals surface area contributed by atoms with Crippen LogP contribution in [0.1, 0.15) is 156 Å². The minimum atomic E-state index is -0.761. The van der Waals surface area contributed by atoms with Crippen molar-refractivity contribution in [3.05, 3.63) is 0 Å². The van der Waals surface area contributed by atoms with Gasteiger partial charge in [0.15, 0.2) is 6.10 Å². The fourth-order valence-electron chi connectivity index (χ4n) is 4.36. The lowest BCUT2D eigenvalue weighted by Crippen LogP contribution is -2.28. The highest BCUT2D eigenvalue weighted by Crippen LogP contribution is 2.15. The number of esters is 2. The second-order valence-electron chi connectivity index (χ2n) is 11.3. The Morgan fingerprint density at radius 1 is 0.639 bits per heavy atom. The molecule has 36 heavy (non-hydrogen) atoms. The molecule has 0 aliphatic heterocycles. The first-order valence-corrected chi connectivity index (χ1v) is 15.3. The maximum absolute atomic E-state index is 12.0. The Bertz CT molecular complexity index is 505. The van der Waals surface area contributed by atoms with E-state index in [1.165, 1.54) is 77.0 Å². The molecular weight excluding hydrogens is 452 g/mol. The minimum Gasteiger partial charge on any atom is -0.462 e. The maximum Gasteiger partial charge on any atom is 0.306 e. The van der Waals surface area contributed by atoms with Gasteiger partial charge in [-0.05, 0) is 24.7 Å². The monoisotopic (exact) mass is 512 g/mol. The molecule has 1 N–H and O–H groups in total. The number of hydrogen-bond acceptors (Lipinski definition) is 5. The molecule has 0 aromatic heterocycles. The van der Waals surface area contributed by atoms with Crippen LogP contribution in [0.4, 0.5) is 0 Å². The fraction of sp³-hybridized carbons (Fsp3) is 0.935. The van der Waals surface area contributed by atoms with Gasteiger partial charge in [0.1, 0.15) is 6.61 Å². The number of unbranched alkanes of at least 4 members (excludes halogenated alkanes) is 13. The molecule has 0 saturated heterocycles. The summed E-state index contributed by atoms with van der Waals surface area (Å²) < 4.78 is 10.5. The molecule has 5 nitrogen and oxygen atoms in total. The van der Waals surface area contributed by atoms with E-state index in [-0.39, 0.29) is 25.2 Å². The molecule has 5 heteroatoms. The van der Waals surface area contributed by atoms with E-state index < -0.39 is 6.10 Å². The van der Waals surface area contributed by atoms with Crippen molar-refractivity contribution in [1.29, 1.82) is 0 Å². The molecule has 2 atom stereocenters. The second kappa shape index (κ2) is 25.5. The SMILES string of the molecule is CCC(C)CCCCCCCCC(=O)OC[C@H](CO)OC(=O)CCCCCCCCCCCC(C)C. The zero-order valence-corrected chi connectivity index (χ0v) is 24.4. The van der Waals surface area contributed by atoms with Crippen molar-refractivity contribution in [2.45, 2.75) is 162 Å². The van der Waals surface area contributed by atoms with E-state index in [1.54, 1.807) is 0 Å². The van der Waals surface area contributed by atoms with E-state index in [0.29, 0.717) is 12.8 Å². The Balaban J connectivity index is 3.61. The zero-order chi connectivity index (χ0) is 26.9. The summed E-state index contributed by atoms with van der Waals surface area (Å²) in [5.41, 5.74) is 0. The van der Waals surface area contributed by atoms with Crippen LogP contribution in [-0.2, 0) is 19.1 Å². The topological polar surface area (TPSA) is 72.8 Å². The first-order valence-electron chi connectivity index (χ1n) is 15.3. The molecule has 0 aliphatic carbocycles. The molecule has 0 spiro atoms. The summed E-state index contributed by atoms with van der Waals surface area (Å²) in [4.78, 5) is 24.0. The van der Waals surface area contributed by atoms with Crippen LogP contribution in [0.3, 0.4) is 0 Å². The van der Waals surface area contributed by atoms with E-state index >= 15 is 0 Å². The molecule has 0 radical (unpaired) electrons. The summed E-state index contributed by atoms with van der Waals surface area (Å²) in [6, 6.07) is 0. The summed E-state index contributed by atoms with van der Waals surface area (Å²) in [5.74, 6) is 1.05. The van der Waals surface area contributed by atoms with E-state index in [1.807, 2.05) is 0 Å². The number of carbonyl (C=O) groups is 2. The molecule has 0 aliphatic rings. The Morgan fingerprint density at radius 3 is 1.56 bits per heavy atom. The molecule has 0 fully saturated rings. The van der Waals surface area contributed by atoms with Gasteiger partial charge in [-0.1, -0.05) is 130 Å². The maximum atomic E-state index is 12.0. The molecule has 0 aromatic rings. The van der Waals surface area contributed by atoms with Crippen LogP contribution >= 0.6 is 0 Å². The Morgan fingerprint density at radius 2 is 1.08 bits per heavy atom. The summed E-state index contributed by atoms with van der Waals surface area (Å²) in [5, 5.41) is 9.46. The van der Waals surface area contributed by atoms with E-state index in [9.17, 15) is 14.7 Å². The Labute approximate surface area is 223 Å². The van der Waals surface area contributed by atoms with Crippen molar-refractivity contribution in [1.82, 2.24) is 0 Å². The standard InChI is InChI=1S/C31H60O5/c1-5-28(4)22-18-14-11-12-15-19-23-30(33)35-26-29(25-32)36-31(34)24-20-16-10-8-6-7-9-13-17-21-27(2)3/h27-29,32H,5-26H2,1-4H3/t28?,29-/m0/s1. The van der Waals surface area contributed by atoms with Crippen LogP contribution in [0, 0.1) is 11.8 Å². The van der Waals surface area contributed by atoms with Crippen LogP contribution in [-0.4, -0.2) is 36.4 Å². The summed E-state index contributed by atoms with van der Waals surface area (Å²) >= 11 is 0. The number of ether oxygens (including phenoxy) is 2. The number of carbonyl (C=O) groups excluding carboxylic acids is 2. The van der Waals surface area contributed by atoms with Crippen LogP contribution in [0.25, 0.3) is 0 Å². The fourth-order valence-corrected chi connectivity index (χ4v) is 4.36. The highest BCUT2D eigenvalue weighted by Gasteiger charge is 2.16. The van der Waals surface area contributed by atoms with Gasteiger partial charge >= 0.3 is 11.9 Å². The van der Waals surface area contributed by atoms with Crippen molar-refractivity contribution in [2.24, 2.45) is 11.8 Å². The Hall–Kier alpha value is -1.10. The smallest absolute Gasteiger partial charge is 0.306 e. The van der Waals surface area contributed by atoms with Gasteiger partial charge in [0.05, 0.1) is 6.61 Å². The number of hydrogen-bond donors (Lipinski definition) is 1. The molecule has 0 amide bonds. The Kier molecular flexibility index (Phi) is 24.8. The summed E-state index contributed by atoms with van der Waals surface area (Å²) in [6.07, 6.45) is 21.6. The highest BCUT2D eigenvalue weighted by atomic mass is 16.6. The van der Waals surface area contributed by atoms with E-state index in [4.69, 9.17) is 9.47 Å². The number of aliphatic hydroxyl groups is 1. The summed E-state index contributed by atoms with van der Waals surface area (Å²) in [6.45, 7) is 8.74. The van der Waals surface area contributed by atoms with Gasteiger partial charge in [0.2, 0.25) is 0 Å². The quantitative estimate of drug-likeness (QED) is 0.0928. The predicted octanol–water partition coefficient (Wildman–Crippen LogP) is 8.55. The largest absolute Gasteiger partial charge is 0.462 e. The van der Waals surface area contributed by atoms with Gasteiger partial charge in [-0.2, -0.15) is 0 Å². The van der Waals surface area contributed by atoms with Gasteiger partial charge in [0.25, 0.3) is 0 Å². The molecule has 0 saturated carbocycles. The summed E-state index contributed by atoms with van der Waals surface area (Å²) in [7, 11) is 0. The number of rotatable bonds is 26. The molecule has 0 aromatic carbocycles. The lowest BCUT2D eigenvalue weighted by Gasteiger charge is -2.15. The van der Waals surface area contributed by atoms with Gasteiger partial charge in [-0.25, -0.2) is 0 Å². The van der Waals surface area contributed by atoms with E-state index in [0.717, 1.165) is 50.4 Å². The predicted molar refractivity (Wildman–Crippen MR) is 150 cm³/mol.